The molecule has 0 aromatic heterocycles. The van der Waals surface area contributed by atoms with Crippen molar-refractivity contribution in [2.75, 3.05) is 52.4 Å². The van der Waals surface area contributed by atoms with Crippen LogP contribution in [0.4, 0.5) is 0 Å². The Labute approximate surface area is 175 Å². The Bertz CT molecular complexity index is 636. The second-order valence-corrected chi connectivity index (χ2v) is 8.31. The normalized spacial score (nSPS) is 20.1. The SMILES string of the molecule is C[C@H](C(=O)NCCc1ccccc1)N1CCN(CC(=O)N2CCCCCC2)CC1. The van der Waals surface area contributed by atoms with Crippen molar-refractivity contribution in [2.45, 2.75) is 45.1 Å². The van der Waals surface area contributed by atoms with Gasteiger partial charge in [-0.25, -0.2) is 0 Å². The fourth-order valence-electron chi connectivity index (χ4n) is 4.21. The van der Waals surface area contributed by atoms with Gasteiger partial charge in [-0.1, -0.05) is 43.2 Å². The molecule has 1 aromatic rings. The molecule has 1 atom stereocenters. The van der Waals surface area contributed by atoms with Crippen LogP contribution < -0.4 is 5.32 Å². The van der Waals surface area contributed by atoms with Crippen molar-refractivity contribution in [3.8, 4) is 0 Å². The van der Waals surface area contributed by atoms with Crippen LogP contribution in [0.15, 0.2) is 30.3 Å². The molecule has 2 saturated heterocycles. The topological polar surface area (TPSA) is 55.9 Å². The number of benzene rings is 1. The van der Waals surface area contributed by atoms with Gasteiger partial charge in [0.1, 0.15) is 0 Å². The highest BCUT2D eigenvalue weighted by atomic mass is 16.2. The van der Waals surface area contributed by atoms with E-state index in [-0.39, 0.29) is 17.9 Å². The van der Waals surface area contributed by atoms with Crippen LogP contribution in [0.2, 0.25) is 0 Å². The molecule has 160 valence electrons. The van der Waals surface area contributed by atoms with Crippen LogP contribution in [-0.2, 0) is 16.0 Å². The molecule has 6 nitrogen and oxygen atoms in total. The predicted molar refractivity (Wildman–Crippen MR) is 116 cm³/mol. The van der Waals surface area contributed by atoms with Gasteiger partial charge in [0.05, 0.1) is 12.6 Å². The van der Waals surface area contributed by atoms with E-state index in [0.29, 0.717) is 13.1 Å². The zero-order chi connectivity index (χ0) is 20.5. The zero-order valence-electron chi connectivity index (χ0n) is 17.8. The maximum absolute atomic E-state index is 12.6. The number of amides is 2. The van der Waals surface area contributed by atoms with Gasteiger partial charge in [0.2, 0.25) is 11.8 Å². The molecule has 0 radical (unpaired) electrons. The lowest BCUT2D eigenvalue weighted by Crippen LogP contribution is -2.55. The summed E-state index contributed by atoms with van der Waals surface area (Å²) in [6, 6.07) is 10.1. The number of piperazine rings is 1. The number of nitrogens with one attached hydrogen (secondary N) is 1. The van der Waals surface area contributed by atoms with Gasteiger partial charge in [0.25, 0.3) is 0 Å². The summed E-state index contributed by atoms with van der Waals surface area (Å²) < 4.78 is 0. The van der Waals surface area contributed by atoms with E-state index in [4.69, 9.17) is 0 Å². The minimum atomic E-state index is -0.130. The number of carbonyl (C=O) groups is 2. The molecule has 2 aliphatic rings. The van der Waals surface area contributed by atoms with Crippen LogP contribution in [0.3, 0.4) is 0 Å². The lowest BCUT2D eigenvalue weighted by molar-refractivity contribution is -0.133. The summed E-state index contributed by atoms with van der Waals surface area (Å²) in [5.74, 6) is 0.363. The highest BCUT2D eigenvalue weighted by molar-refractivity contribution is 5.81. The Morgan fingerprint density at radius 1 is 0.931 bits per heavy atom. The number of carbonyl (C=O) groups excluding carboxylic acids is 2. The fourth-order valence-corrected chi connectivity index (χ4v) is 4.21. The van der Waals surface area contributed by atoms with Gasteiger partial charge in [0, 0.05) is 45.8 Å². The molecule has 3 rings (SSSR count). The number of hydrogen-bond acceptors (Lipinski definition) is 4. The van der Waals surface area contributed by atoms with E-state index < -0.39 is 0 Å². The summed E-state index contributed by atoms with van der Waals surface area (Å²) in [6.07, 6.45) is 5.61. The molecular formula is C23H36N4O2. The number of rotatable bonds is 7. The molecule has 1 aromatic carbocycles. The summed E-state index contributed by atoms with van der Waals surface area (Å²) in [5.41, 5.74) is 1.24. The highest BCUT2D eigenvalue weighted by Crippen LogP contribution is 2.12. The lowest BCUT2D eigenvalue weighted by atomic mass is 10.1. The minimum Gasteiger partial charge on any atom is -0.354 e. The third-order valence-corrected chi connectivity index (χ3v) is 6.21. The van der Waals surface area contributed by atoms with E-state index in [1.807, 2.05) is 30.0 Å². The number of nitrogens with zero attached hydrogens (tertiary/aromatic N) is 3. The van der Waals surface area contributed by atoms with Crippen molar-refractivity contribution in [1.29, 1.82) is 0 Å². The molecule has 2 fully saturated rings. The van der Waals surface area contributed by atoms with E-state index in [9.17, 15) is 9.59 Å². The van der Waals surface area contributed by atoms with Crippen molar-refractivity contribution in [2.24, 2.45) is 0 Å². The van der Waals surface area contributed by atoms with Crippen molar-refractivity contribution in [3.05, 3.63) is 35.9 Å². The first-order valence-corrected chi connectivity index (χ1v) is 11.2. The highest BCUT2D eigenvalue weighted by Gasteiger charge is 2.27. The fraction of sp³-hybridized carbons (Fsp3) is 0.652. The average molecular weight is 401 g/mol. The molecule has 0 aliphatic carbocycles. The summed E-state index contributed by atoms with van der Waals surface area (Å²) >= 11 is 0. The Hall–Kier alpha value is -1.92. The van der Waals surface area contributed by atoms with E-state index in [0.717, 1.165) is 58.5 Å². The monoisotopic (exact) mass is 400 g/mol. The predicted octanol–water partition coefficient (Wildman–Crippen LogP) is 1.75. The van der Waals surface area contributed by atoms with Gasteiger partial charge in [-0.05, 0) is 31.7 Å². The van der Waals surface area contributed by atoms with Crippen molar-refractivity contribution >= 4 is 11.8 Å². The summed E-state index contributed by atoms with van der Waals surface area (Å²) in [6.45, 7) is 8.36. The van der Waals surface area contributed by atoms with Crippen LogP contribution >= 0.6 is 0 Å². The molecule has 2 aliphatic heterocycles. The molecule has 2 heterocycles. The lowest BCUT2D eigenvalue weighted by Gasteiger charge is -2.37. The first-order valence-electron chi connectivity index (χ1n) is 11.2. The minimum absolute atomic E-state index is 0.0926. The smallest absolute Gasteiger partial charge is 0.237 e. The van der Waals surface area contributed by atoms with Gasteiger partial charge in [-0.2, -0.15) is 0 Å². The summed E-state index contributed by atoms with van der Waals surface area (Å²) in [7, 11) is 0. The molecule has 0 unspecified atom stereocenters. The number of likely N-dealkylation sites (tertiary alicyclic amines) is 1. The average Bonchev–Trinajstić information content (AvgIpc) is 3.04. The standard InChI is InChI=1S/C23H36N4O2/c1-20(23(29)24-12-11-21-9-5-4-6-10-21)26-17-15-25(16-18-26)19-22(28)27-13-7-2-3-8-14-27/h4-6,9-10,20H,2-3,7-8,11-19H2,1H3,(H,24,29)/t20-/m1/s1. The van der Waals surface area contributed by atoms with Gasteiger partial charge >= 0.3 is 0 Å². The maximum atomic E-state index is 12.6. The maximum Gasteiger partial charge on any atom is 0.237 e. The van der Waals surface area contributed by atoms with Crippen LogP contribution in [0.25, 0.3) is 0 Å². The first kappa shape index (κ1) is 21.8. The quantitative estimate of drug-likeness (QED) is 0.758. The second kappa shape index (κ2) is 11.3. The van der Waals surface area contributed by atoms with E-state index >= 15 is 0 Å². The van der Waals surface area contributed by atoms with Crippen LogP contribution in [0, 0.1) is 0 Å². The van der Waals surface area contributed by atoms with Crippen LogP contribution in [0.5, 0.6) is 0 Å². The largest absolute Gasteiger partial charge is 0.354 e. The van der Waals surface area contributed by atoms with Crippen molar-refractivity contribution in [1.82, 2.24) is 20.0 Å². The van der Waals surface area contributed by atoms with E-state index in [2.05, 4.69) is 27.2 Å². The molecule has 29 heavy (non-hydrogen) atoms. The third kappa shape index (κ3) is 6.82. The molecule has 0 saturated carbocycles. The molecule has 6 heteroatoms. The summed E-state index contributed by atoms with van der Waals surface area (Å²) in [5, 5.41) is 3.07. The van der Waals surface area contributed by atoms with E-state index in [1.165, 1.54) is 18.4 Å². The molecule has 2 amide bonds. The van der Waals surface area contributed by atoms with E-state index in [1.54, 1.807) is 0 Å². The Morgan fingerprint density at radius 3 is 2.24 bits per heavy atom. The first-order chi connectivity index (χ1) is 14.1. The Balaban J connectivity index is 1.35. The van der Waals surface area contributed by atoms with Crippen molar-refractivity contribution in [3.63, 3.8) is 0 Å². The molecule has 0 bridgehead atoms. The Morgan fingerprint density at radius 2 is 1.59 bits per heavy atom. The van der Waals surface area contributed by atoms with Gasteiger partial charge in [-0.3, -0.25) is 19.4 Å². The third-order valence-electron chi connectivity index (χ3n) is 6.21. The van der Waals surface area contributed by atoms with Crippen LogP contribution in [0.1, 0.15) is 38.2 Å². The van der Waals surface area contributed by atoms with Gasteiger partial charge in [-0.15, -0.1) is 0 Å². The molecular weight excluding hydrogens is 364 g/mol. The van der Waals surface area contributed by atoms with Gasteiger partial charge < -0.3 is 10.2 Å². The van der Waals surface area contributed by atoms with Crippen LogP contribution in [-0.4, -0.2) is 84.9 Å². The molecule has 1 N–H and O–H groups in total. The summed E-state index contributed by atoms with van der Waals surface area (Å²) in [4.78, 5) is 31.6. The molecule has 0 spiro atoms. The zero-order valence-corrected chi connectivity index (χ0v) is 17.8. The number of hydrogen-bond donors (Lipinski definition) is 1. The van der Waals surface area contributed by atoms with Gasteiger partial charge in [0.15, 0.2) is 0 Å². The second-order valence-electron chi connectivity index (χ2n) is 8.31. The van der Waals surface area contributed by atoms with Crippen molar-refractivity contribution < 1.29 is 9.59 Å². The Kier molecular flexibility index (Phi) is 8.50.